The van der Waals surface area contributed by atoms with Crippen LogP contribution in [0.15, 0.2) is 64.9 Å². The number of imidazole rings is 1. The van der Waals surface area contributed by atoms with E-state index in [0.29, 0.717) is 16.3 Å². The van der Waals surface area contributed by atoms with Gasteiger partial charge >= 0.3 is 12.1 Å². The molecule has 0 radical (unpaired) electrons. The molecule has 1 atom stereocenters. The summed E-state index contributed by atoms with van der Waals surface area (Å²) >= 11 is 0.822. The minimum absolute atomic E-state index is 0.0274. The third kappa shape index (κ3) is 6.12. The summed E-state index contributed by atoms with van der Waals surface area (Å²) in [5.41, 5.74) is 1.05. The number of nitrogens with one attached hydrogen (secondary N) is 2. The van der Waals surface area contributed by atoms with Gasteiger partial charge in [0, 0.05) is 12.0 Å². The van der Waals surface area contributed by atoms with E-state index in [1.165, 1.54) is 24.3 Å². The minimum Gasteiger partial charge on any atom is -0.480 e. The number of H-pyrrole nitrogens is 1. The van der Waals surface area contributed by atoms with E-state index in [1.807, 2.05) is 24.3 Å². The maximum Gasteiger partial charge on any atom is 0.416 e. The lowest BCUT2D eigenvalue weighted by Crippen LogP contribution is -2.40. The monoisotopic (exact) mass is 533 g/mol. The molecule has 4 aromatic rings. The van der Waals surface area contributed by atoms with Crippen molar-refractivity contribution in [3.8, 4) is 11.8 Å². The zero-order valence-corrected chi connectivity index (χ0v) is 20.0. The molecule has 0 spiro atoms. The molecule has 0 amide bonds. The van der Waals surface area contributed by atoms with Crippen molar-refractivity contribution in [1.82, 2.24) is 14.7 Å². The Balaban J connectivity index is 1.43. The van der Waals surface area contributed by atoms with Gasteiger partial charge in [-0.25, -0.2) is 13.4 Å². The lowest BCUT2D eigenvalue weighted by Gasteiger charge is -2.13. The van der Waals surface area contributed by atoms with Crippen LogP contribution in [0, 0.1) is 11.8 Å². The zero-order chi connectivity index (χ0) is 25.9. The van der Waals surface area contributed by atoms with Crippen molar-refractivity contribution in [1.29, 1.82) is 0 Å². The average molecular weight is 534 g/mol. The summed E-state index contributed by atoms with van der Waals surface area (Å²) in [7, 11) is -4.15. The highest BCUT2D eigenvalue weighted by atomic mass is 32.2. The molecule has 3 N–H and O–H groups in total. The molecule has 2 aromatic carbocycles. The summed E-state index contributed by atoms with van der Waals surface area (Å²) < 4.78 is 65.6. The highest BCUT2D eigenvalue weighted by Gasteiger charge is 2.30. The van der Waals surface area contributed by atoms with Crippen molar-refractivity contribution in [2.24, 2.45) is 0 Å². The van der Waals surface area contributed by atoms with Crippen molar-refractivity contribution in [3.63, 3.8) is 0 Å². The van der Waals surface area contributed by atoms with Crippen LogP contribution in [0.3, 0.4) is 0 Å². The number of para-hydroxylation sites is 2. The first-order valence-electron chi connectivity index (χ1n) is 10.5. The van der Waals surface area contributed by atoms with Crippen molar-refractivity contribution in [2.45, 2.75) is 29.3 Å². The molecule has 0 aliphatic carbocycles. The van der Waals surface area contributed by atoms with Crippen LogP contribution >= 0.6 is 11.3 Å². The van der Waals surface area contributed by atoms with Crippen LogP contribution in [-0.2, 0) is 27.4 Å². The van der Waals surface area contributed by atoms with Gasteiger partial charge in [-0.2, -0.15) is 17.9 Å². The minimum atomic E-state index is -4.45. The Bertz CT molecular complexity index is 1530. The zero-order valence-electron chi connectivity index (χ0n) is 18.3. The molecule has 0 saturated carbocycles. The molecule has 0 aliphatic rings. The molecular weight excluding hydrogens is 515 g/mol. The number of aliphatic carboxylic acids is 1. The number of aromatic amines is 1. The van der Waals surface area contributed by atoms with Gasteiger partial charge in [-0.05, 0) is 55.0 Å². The number of hydrogen-bond donors (Lipinski definition) is 3. The Morgan fingerprint density at radius 2 is 1.81 bits per heavy atom. The molecule has 2 heterocycles. The Morgan fingerprint density at radius 3 is 2.47 bits per heavy atom. The van der Waals surface area contributed by atoms with Gasteiger partial charge in [-0.15, -0.1) is 11.3 Å². The number of alkyl halides is 3. The molecule has 7 nitrogen and oxygen atoms in total. The second-order valence-electron chi connectivity index (χ2n) is 7.70. The quantitative estimate of drug-likeness (QED) is 0.305. The summed E-state index contributed by atoms with van der Waals surface area (Å²) in [5.74, 6) is 4.61. The summed E-state index contributed by atoms with van der Waals surface area (Å²) in [6, 6.07) is 12.9. The number of thiophene rings is 1. The number of sulfonamides is 1. The standard InChI is InChI=1S/C24H18F3N3O4S2/c25-24(26,27)16-8-5-15(6-9-16)7-10-17-11-14-22(35-17)36(33,34)30-20(23(31)32)12-13-21-28-18-3-1-2-4-19(18)29-21/h1-6,8-9,11,14,20,30H,12-13H2,(H,28,29)(H,31,32). The number of aryl methyl sites for hydroxylation is 1. The number of carbonyl (C=O) groups is 1. The number of carboxylic acids is 1. The largest absolute Gasteiger partial charge is 0.480 e. The van der Waals surface area contributed by atoms with Crippen LogP contribution in [0.2, 0.25) is 0 Å². The smallest absolute Gasteiger partial charge is 0.416 e. The third-order valence-corrected chi connectivity index (χ3v) is 8.06. The van der Waals surface area contributed by atoms with Crippen molar-refractivity contribution < 1.29 is 31.5 Å². The lowest BCUT2D eigenvalue weighted by atomic mass is 10.1. The number of nitrogens with zero attached hydrogens (tertiary/aromatic N) is 1. The molecule has 36 heavy (non-hydrogen) atoms. The predicted molar refractivity (Wildman–Crippen MR) is 128 cm³/mol. The summed E-state index contributed by atoms with van der Waals surface area (Å²) in [6.45, 7) is 0. The summed E-state index contributed by atoms with van der Waals surface area (Å²) in [6.07, 6.45) is -4.27. The van der Waals surface area contributed by atoms with Gasteiger partial charge in [0.15, 0.2) is 0 Å². The molecular formula is C24H18F3N3O4S2. The molecule has 1 unspecified atom stereocenters. The second kappa shape index (κ2) is 10.1. The van der Waals surface area contributed by atoms with E-state index >= 15 is 0 Å². The number of aromatic nitrogens is 2. The fraction of sp³-hybridized carbons (Fsp3) is 0.167. The van der Waals surface area contributed by atoms with E-state index < -0.39 is 33.8 Å². The number of rotatable bonds is 7. The van der Waals surface area contributed by atoms with Crippen LogP contribution in [0.4, 0.5) is 13.2 Å². The second-order valence-corrected chi connectivity index (χ2v) is 10.7. The van der Waals surface area contributed by atoms with E-state index in [4.69, 9.17) is 0 Å². The first kappa shape index (κ1) is 25.4. The molecule has 0 aliphatic heterocycles. The van der Waals surface area contributed by atoms with Crippen LogP contribution < -0.4 is 4.72 Å². The van der Waals surface area contributed by atoms with Gasteiger partial charge in [0.25, 0.3) is 10.0 Å². The Kier molecular flexibility index (Phi) is 7.16. The van der Waals surface area contributed by atoms with Crippen molar-refractivity contribution in [3.05, 3.63) is 82.5 Å². The van der Waals surface area contributed by atoms with Gasteiger partial charge in [0.05, 0.1) is 21.5 Å². The Morgan fingerprint density at radius 1 is 1.08 bits per heavy atom. The van der Waals surface area contributed by atoms with Crippen molar-refractivity contribution in [2.75, 3.05) is 0 Å². The molecule has 12 heteroatoms. The average Bonchev–Trinajstić information content (AvgIpc) is 3.47. The normalized spacial score (nSPS) is 12.8. The van der Waals surface area contributed by atoms with Crippen LogP contribution in [-0.4, -0.2) is 35.5 Å². The molecule has 0 bridgehead atoms. The molecule has 4 rings (SSSR count). The third-order valence-electron chi connectivity index (χ3n) is 5.09. The van der Waals surface area contributed by atoms with Crippen LogP contribution in [0.1, 0.15) is 28.2 Å². The first-order valence-corrected chi connectivity index (χ1v) is 12.8. The Labute approximate surface area is 208 Å². The number of fused-ring (bicyclic) bond motifs is 1. The van der Waals surface area contributed by atoms with Gasteiger partial charge < -0.3 is 10.1 Å². The molecule has 0 fully saturated rings. The number of halogens is 3. The number of hydrogen-bond acceptors (Lipinski definition) is 5. The number of benzene rings is 2. The molecule has 2 aromatic heterocycles. The van der Waals surface area contributed by atoms with Crippen LogP contribution in [0.5, 0.6) is 0 Å². The maximum atomic E-state index is 12.8. The SMILES string of the molecule is O=C(O)C(CCc1nc2ccccc2[nH]1)NS(=O)(=O)c1ccc(C#Cc2ccc(C(F)(F)F)cc2)s1. The van der Waals surface area contributed by atoms with E-state index in [-0.39, 0.29) is 17.1 Å². The fourth-order valence-corrected chi connectivity index (χ4v) is 5.69. The lowest BCUT2D eigenvalue weighted by molar-refractivity contribution is -0.139. The van der Waals surface area contributed by atoms with E-state index in [2.05, 4.69) is 26.5 Å². The van der Waals surface area contributed by atoms with E-state index in [0.717, 1.165) is 34.5 Å². The maximum absolute atomic E-state index is 12.8. The number of carboxylic acid groups (broad SMARTS) is 1. The van der Waals surface area contributed by atoms with E-state index in [9.17, 15) is 31.5 Å². The highest BCUT2D eigenvalue weighted by molar-refractivity contribution is 7.91. The van der Waals surface area contributed by atoms with Crippen LogP contribution in [0.25, 0.3) is 11.0 Å². The molecule has 0 saturated heterocycles. The van der Waals surface area contributed by atoms with Crippen molar-refractivity contribution >= 4 is 38.4 Å². The Hall–Kier alpha value is -3.66. The van der Waals surface area contributed by atoms with E-state index in [1.54, 1.807) is 0 Å². The predicted octanol–water partition coefficient (Wildman–Crippen LogP) is 4.41. The summed E-state index contributed by atoms with van der Waals surface area (Å²) in [5, 5.41) is 9.54. The highest BCUT2D eigenvalue weighted by Crippen LogP contribution is 2.29. The molecule has 186 valence electrons. The fourth-order valence-electron chi connectivity index (χ4n) is 3.29. The topological polar surface area (TPSA) is 112 Å². The summed E-state index contributed by atoms with van der Waals surface area (Å²) in [4.78, 5) is 19.5. The van der Waals surface area contributed by atoms with Gasteiger partial charge in [-0.3, -0.25) is 4.79 Å². The van der Waals surface area contributed by atoms with Gasteiger partial charge in [-0.1, -0.05) is 24.0 Å². The first-order chi connectivity index (χ1) is 17.0. The van der Waals surface area contributed by atoms with Gasteiger partial charge in [0.2, 0.25) is 0 Å². The van der Waals surface area contributed by atoms with Gasteiger partial charge in [0.1, 0.15) is 16.1 Å².